The first kappa shape index (κ1) is 48.4. The summed E-state index contributed by atoms with van der Waals surface area (Å²) < 4.78 is 22.4. The minimum atomic E-state index is -1.02. The molecule has 370 valence electrons. The predicted octanol–water partition coefficient (Wildman–Crippen LogP) is 13.7. The molecule has 10 aromatic rings. The van der Waals surface area contributed by atoms with Gasteiger partial charge >= 0.3 is 11.9 Å². The number of esters is 2. The number of hydrogen-bond acceptors (Lipinski definition) is 8. The monoisotopic (exact) mass is 986 g/mol. The summed E-state index contributed by atoms with van der Waals surface area (Å²) >= 11 is 0. The molecule has 10 aromatic carbocycles. The van der Waals surface area contributed by atoms with Crippen molar-refractivity contribution in [3.63, 3.8) is 0 Å². The zero-order valence-electron chi connectivity index (χ0n) is 41.7. The molecule has 0 bridgehead atoms. The number of ether oxygens (including phenoxy) is 4. The van der Waals surface area contributed by atoms with Gasteiger partial charge in [0.15, 0.2) is 0 Å². The number of hydrogen-bond donors (Lipinski definition) is 2. The topological polar surface area (TPSA) is 112 Å². The lowest BCUT2D eigenvalue weighted by Gasteiger charge is -2.34. The van der Waals surface area contributed by atoms with Crippen LogP contribution in [0, 0.1) is 0 Å². The van der Waals surface area contributed by atoms with Crippen LogP contribution in [0.25, 0.3) is 76.5 Å². The molecule has 2 unspecified atom stereocenters. The van der Waals surface area contributed by atoms with E-state index in [0.29, 0.717) is 11.5 Å². The Balaban J connectivity index is 1.08. The van der Waals surface area contributed by atoms with Gasteiger partial charge in [-0.3, -0.25) is 0 Å². The van der Waals surface area contributed by atoms with Gasteiger partial charge in [-0.2, -0.15) is 0 Å². The molecule has 0 fully saturated rings. The quantitative estimate of drug-likeness (QED) is 0.0727. The zero-order valence-corrected chi connectivity index (χ0v) is 41.7. The number of carbonyl (C=O) groups excluding carboxylic acids is 2. The van der Waals surface area contributed by atoms with E-state index in [0.717, 1.165) is 76.8 Å². The van der Waals surface area contributed by atoms with Gasteiger partial charge < -0.3 is 29.2 Å². The van der Waals surface area contributed by atoms with Crippen molar-refractivity contribution in [2.45, 2.75) is 31.5 Å². The molecule has 2 atom stereocenters. The second-order valence-corrected chi connectivity index (χ2v) is 19.5. The molecule has 0 radical (unpaired) electrons. The normalized spacial score (nSPS) is 13.2. The van der Waals surface area contributed by atoms with Crippen molar-refractivity contribution in [2.75, 3.05) is 26.4 Å². The standard InChI is InChI=1S/C67H54O8/c1-41(2)65(70)74-39-55(68)37-72-57-29-25-47-33-53(27-23-49(47)35-57)67(54-28-24-50-36-58(30-26-48(50)34-54)73-38-56(69)40-75-66(71)42(3)4)61-17-9-15-59(51-21-19-43-11-5-7-13-45(43)31-51)63(61)64-60(16-10-18-62(64)67)52-22-20-44-12-6-8-14-46(44)32-52/h5-36,55-56,68-69H,1,3,37-40H2,2,4H3. The molecule has 0 aliphatic heterocycles. The summed E-state index contributed by atoms with van der Waals surface area (Å²) in [6.45, 7) is 9.80. The predicted molar refractivity (Wildman–Crippen MR) is 299 cm³/mol. The van der Waals surface area contributed by atoms with Crippen LogP contribution < -0.4 is 9.47 Å². The third-order valence-corrected chi connectivity index (χ3v) is 14.2. The fraction of sp³-hybridized carbons (Fsp3) is 0.134. The van der Waals surface area contributed by atoms with E-state index in [1.807, 2.05) is 36.4 Å². The molecule has 0 heterocycles. The van der Waals surface area contributed by atoms with Crippen molar-refractivity contribution in [1.82, 2.24) is 0 Å². The highest BCUT2D eigenvalue weighted by molar-refractivity contribution is 6.04. The highest BCUT2D eigenvalue weighted by Crippen LogP contribution is 2.61. The van der Waals surface area contributed by atoms with Gasteiger partial charge in [0.2, 0.25) is 0 Å². The molecule has 0 aromatic heterocycles. The molecule has 0 amide bonds. The highest BCUT2D eigenvalue weighted by Gasteiger charge is 2.48. The van der Waals surface area contributed by atoms with Crippen molar-refractivity contribution in [3.05, 3.63) is 241 Å². The minimum absolute atomic E-state index is 0.0622. The molecule has 0 saturated carbocycles. The van der Waals surface area contributed by atoms with E-state index >= 15 is 0 Å². The number of fused-ring (bicyclic) bond motifs is 7. The largest absolute Gasteiger partial charge is 0.491 e. The maximum Gasteiger partial charge on any atom is 0.333 e. The molecule has 1 aliphatic rings. The third kappa shape index (κ3) is 9.31. The number of rotatable bonds is 16. The lowest BCUT2D eigenvalue weighted by molar-refractivity contribution is -0.143. The zero-order chi connectivity index (χ0) is 51.8. The van der Waals surface area contributed by atoms with Gasteiger partial charge in [0.1, 0.15) is 50.1 Å². The molecule has 8 heteroatoms. The Bertz CT molecular complexity index is 3650. The maximum absolute atomic E-state index is 11.9. The van der Waals surface area contributed by atoms with Crippen molar-refractivity contribution >= 4 is 55.0 Å². The van der Waals surface area contributed by atoms with Gasteiger partial charge in [0.25, 0.3) is 0 Å². The second-order valence-electron chi connectivity index (χ2n) is 19.5. The Kier molecular flexibility index (Phi) is 13.1. The van der Waals surface area contributed by atoms with Crippen LogP contribution in [0.3, 0.4) is 0 Å². The van der Waals surface area contributed by atoms with Crippen LogP contribution in [-0.2, 0) is 24.5 Å². The third-order valence-electron chi connectivity index (χ3n) is 14.2. The van der Waals surface area contributed by atoms with Crippen molar-refractivity contribution < 1.29 is 38.7 Å². The first-order chi connectivity index (χ1) is 36.4. The summed E-state index contributed by atoms with van der Waals surface area (Å²) in [7, 11) is 0. The van der Waals surface area contributed by atoms with Crippen LogP contribution in [0.15, 0.2) is 218 Å². The van der Waals surface area contributed by atoms with Crippen LogP contribution in [0.4, 0.5) is 0 Å². The Labute approximate surface area is 435 Å². The molecule has 2 N–H and O–H groups in total. The molecule has 0 saturated heterocycles. The van der Waals surface area contributed by atoms with Gasteiger partial charge in [0.05, 0.1) is 5.41 Å². The van der Waals surface area contributed by atoms with Crippen molar-refractivity contribution in [1.29, 1.82) is 0 Å². The van der Waals surface area contributed by atoms with Crippen LogP contribution in [0.5, 0.6) is 11.5 Å². The van der Waals surface area contributed by atoms with E-state index in [4.69, 9.17) is 18.9 Å². The summed E-state index contributed by atoms with van der Waals surface area (Å²) in [5.41, 5.74) is 11.0. The number of aliphatic hydroxyl groups is 2. The van der Waals surface area contributed by atoms with Crippen LogP contribution >= 0.6 is 0 Å². The molecular weight excluding hydrogens is 933 g/mol. The summed E-state index contributed by atoms with van der Waals surface area (Å²) in [5.74, 6) is 0.0261. The number of aliphatic hydroxyl groups excluding tert-OH is 2. The van der Waals surface area contributed by atoms with E-state index in [9.17, 15) is 19.8 Å². The highest BCUT2D eigenvalue weighted by atomic mass is 16.6. The molecule has 11 rings (SSSR count). The van der Waals surface area contributed by atoms with E-state index in [-0.39, 0.29) is 37.6 Å². The smallest absolute Gasteiger partial charge is 0.333 e. The lowest BCUT2D eigenvalue weighted by atomic mass is 9.67. The van der Waals surface area contributed by atoms with Gasteiger partial charge in [0, 0.05) is 11.1 Å². The van der Waals surface area contributed by atoms with E-state index in [1.165, 1.54) is 21.9 Å². The van der Waals surface area contributed by atoms with Gasteiger partial charge in [-0.05, 0) is 161 Å². The Morgan fingerprint density at radius 3 is 1.23 bits per heavy atom. The van der Waals surface area contributed by atoms with Crippen LogP contribution in [-0.4, -0.2) is 60.8 Å². The van der Waals surface area contributed by atoms with Gasteiger partial charge in [-0.1, -0.05) is 159 Å². The Morgan fingerprint density at radius 1 is 0.427 bits per heavy atom. The van der Waals surface area contributed by atoms with Crippen molar-refractivity contribution in [2.24, 2.45) is 0 Å². The molecule has 1 aliphatic carbocycles. The summed E-state index contributed by atoms with van der Waals surface area (Å²) in [6.07, 6.45) is -2.04. The summed E-state index contributed by atoms with van der Waals surface area (Å²) in [6, 6.07) is 69.1. The van der Waals surface area contributed by atoms with E-state index in [1.54, 1.807) is 13.8 Å². The first-order valence-corrected chi connectivity index (χ1v) is 25.1. The average Bonchev–Trinajstić information content (AvgIpc) is 3.75. The maximum atomic E-state index is 11.9. The van der Waals surface area contributed by atoms with Crippen LogP contribution in [0.2, 0.25) is 0 Å². The number of benzene rings is 10. The summed E-state index contributed by atoms with van der Waals surface area (Å²) in [5, 5.41) is 29.8. The molecule has 75 heavy (non-hydrogen) atoms. The summed E-state index contributed by atoms with van der Waals surface area (Å²) in [4.78, 5) is 23.9. The molecular formula is C67H54O8. The SMILES string of the molecule is C=C(C)C(=O)OCC(O)COc1ccc2cc(C3(c4ccc5cc(OCC(O)COC(=O)C(=C)C)ccc5c4)c4cccc(-c5ccc6ccccc6c5)c4-c4c(-c5ccc6ccccc6c5)cccc43)ccc2c1. The first-order valence-electron chi connectivity index (χ1n) is 25.1. The lowest BCUT2D eigenvalue weighted by Crippen LogP contribution is -2.28. The molecule has 8 nitrogen and oxygen atoms in total. The van der Waals surface area contributed by atoms with Gasteiger partial charge in [-0.25, -0.2) is 9.59 Å². The van der Waals surface area contributed by atoms with Gasteiger partial charge in [-0.15, -0.1) is 0 Å². The Morgan fingerprint density at radius 2 is 0.800 bits per heavy atom. The van der Waals surface area contributed by atoms with E-state index < -0.39 is 29.6 Å². The minimum Gasteiger partial charge on any atom is -0.491 e. The number of carbonyl (C=O) groups is 2. The average molecular weight is 987 g/mol. The molecule has 0 spiro atoms. The fourth-order valence-corrected chi connectivity index (χ4v) is 10.6. The fourth-order valence-electron chi connectivity index (χ4n) is 10.6. The second kappa shape index (κ2) is 20.2. The van der Waals surface area contributed by atoms with E-state index in [2.05, 4.69) is 171 Å². The van der Waals surface area contributed by atoms with Crippen molar-refractivity contribution in [3.8, 4) is 44.9 Å². The van der Waals surface area contributed by atoms with Crippen LogP contribution in [0.1, 0.15) is 36.1 Å². The Hall–Kier alpha value is -8.82.